The predicted molar refractivity (Wildman–Crippen MR) is 82.1 cm³/mol. The summed E-state index contributed by atoms with van der Waals surface area (Å²) in [7, 11) is 0. The fourth-order valence-corrected chi connectivity index (χ4v) is 4.03. The van der Waals surface area contributed by atoms with Gasteiger partial charge < -0.3 is 20.9 Å². The number of nitrogens with zero attached hydrogens (tertiary/aromatic N) is 1. The molecule has 1 spiro atoms. The number of para-hydroxylation sites is 1. The van der Waals surface area contributed by atoms with Crippen LogP contribution in [0.4, 0.5) is 4.79 Å². The van der Waals surface area contributed by atoms with Crippen molar-refractivity contribution in [1.82, 2.24) is 15.2 Å². The van der Waals surface area contributed by atoms with Crippen LogP contribution in [0, 0.1) is 0 Å². The molecule has 0 atom stereocenters. The van der Waals surface area contributed by atoms with Crippen molar-refractivity contribution >= 4 is 16.9 Å². The van der Waals surface area contributed by atoms with Gasteiger partial charge in [-0.2, -0.15) is 0 Å². The second kappa shape index (κ2) is 4.49. The van der Waals surface area contributed by atoms with E-state index in [1.165, 1.54) is 22.2 Å². The van der Waals surface area contributed by atoms with E-state index in [4.69, 9.17) is 5.73 Å². The lowest BCUT2D eigenvalue weighted by molar-refractivity contribution is 0.159. The smallest absolute Gasteiger partial charge is 0.314 e. The molecule has 1 saturated heterocycles. The van der Waals surface area contributed by atoms with E-state index in [-0.39, 0.29) is 11.4 Å². The quantitative estimate of drug-likeness (QED) is 0.688. The Bertz CT molecular complexity index is 697. The molecule has 5 heteroatoms. The van der Waals surface area contributed by atoms with Gasteiger partial charge in [-0.3, -0.25) is 0 Å². The highest BCUT2D eigenvalue weighted by molar-refractivity contribution is 5.86. The van der Waals surface area contributed by atoms with Crippen molar-refractivity contribution in [2.75, 3.05) is 19.6 Å². The van der Waals surface area contributed by atoms with Gasteiger partial charge in [0.1, 0.15) is 0 Å². The van der Waals surface area contributed by atoms with Crippen LogP contribution in [0.3, 0.4) is 0 Å². The van der Waals surface area contributed by atoms with Gasteiger partial charge in [0.15, 0.2) is 0 Å². The monoisotopic (exact) mass is 284 g/mol. The second-order valence-corrected chi connectivity index (χ2v) is 6.23. The number of piperidine rings is 1. The van der Waals surface area contributed by atoms with Gasteiger partial charge in [0.2, 0.25) is 0 Å². The predicted octanol–water partition coefficient (Wildman–Crippen LogP) is 1.68. The highest BCUT2D eigenvalue weighted by Crippen LogP contribution is 2.42. The standard InChI is InChI=1S/C16H20N4O/c17-15(21)20-7-5-16(6-8-20)10-18-9-13-14(16)11-3-1-2-4-12(11)19-13/h1-4,18-19H,5-10H2,(H2,17,21). The molecule has 1 aromatic heterocycles. The molecule has 4 rings (SSSR count). The van der Waals surface area contributed by atoms with E-state index in [1.54, 1.807) is 4.90 Å². The van der Waals surface area contributed by atoms with Crippen molar-refractivity contribution in [3.63, 3.8) is 0 Å². The van der Waals surface area contributed by atoms with Gasteiger partial charge in [-0.05, 0) is 24.5 Å². The molecule has 0 unspecified atom stereocenters. The van der Waals surface area contributed by atoms with Crippen LogP contribution in [0.5, 0.6) is 0 Å². The minimum atomic E-state index is -0.298. The number of aromatic amines is 1. The maximum atomic E-state index is 11.4. The summed E-state index contributed by atoms with van der Waals surface area (Å²) >= 11 is 0. The second-order valence-electron chi connectivity index (χ2n) is 6.23. The Morgan fingerprint density at radius 3 is 2.76 bits per heavy atom. The summed E-state index contributed by atoms with van der Waals surface area (Å²) in [6, 6.07) is 8.22. The van der Waals surface area contributed by atoms with Gasteiger partial charge in [-0.15, -0.1) is 0 Å². The fourth-order valence-electron chi connectivity index (χ4n) is 4.03. The Labute approximate surface area is 123 Å². The van der Waals surface area contributed by atoms with Crippen LogP contribution in [0.2, 0.25) is 0 Å². The van der Waals surface area contributed by atoms with Crippen LogP contribution >= 0.6 is 0 Å². The molecule has 1 fully saturated rings. The third-order valence-electron chi connectivity index (χ3n) is 5.11. The number of amides is 2. The summed E-state index contributed by atoms with van der Waals surface area (Å²) in [5, 5.41) is 4.88. The SMILES string of the molecule is NC(=O)N1CCC2(CC1)CNCc1[nH]c3ccccc3c12. The van der Waals surface area contributed by atoms with E-state index < -0.39 is 0 Å². The zero-order valence-electron chi connectivity index (χ0n) is 12.0. The number of likely N-dealkylation sites (tertiary alicyclic amines) is 1. The number of benzene rings is 1. The average molecular weight is 284 g/mol. The molecule has 110 valence electrons. The van der Waals surface area contributed by atoms with Gasteiger partial charge in [0.25, 0.3) is 0 Å². The minimum absolute atomic E-state index is 0.124. The number of nitrogens with two attached hydrogens (primary N) is 1. The van der Waals surface area contributed by atoms with Crippen LogP contribution in [0.1, 0.15) is 24.1 Å². The van der Waals surface area contributed by atoms with Crippen LogP contribution in [-0.2, 0) is 12.0 Å². The van der Waals surface area contributed by atoms with Crippen molar-refractivity contribution in [2.24, 2.45) is 5.73 Å². The van der Waals surface area contributed by atoms with Crippen molar-refractivity contribution in [2.45, 2.75) is 24.8 Å². The number of primary amides is 1. The van der Waals surface area contributed by atoms with Gasteiger partial charge >= 0.3 is 6.03 Å². The number of hydrogen-bond donors (Lipinski definition) is 3. The molecule has 2 amide bonds. The first-order chi connectivity index (χ1) is 10.2. The molecule has 3 heterocycles. The highest BCUT2D eigenvalue weighted by atomic mass is 16.2. The van der Waals surface area contributed by atoms with E-state index in [1.807, 2.05) is 0 Å². The number of rotatable bonds is 0. The lowest BCUT2D eigenvalue weighted by Crippen LogP contribution is -2.52. The van der Waals surface area contributed by atoms with Gasteiger partial charge in [-0.25, -0.2) is 4.79 Å². The molecule has 21 heavy (non-hydrogen) atoms. The summed E-state index contributed by atoms with van der Waals surface area (Å²) in [4.78, 5) is 16.7. The largest absolute Gasteiger partial charge is 0.357 e. The summed E-state index contributed by atoms with van der Waals surface area (Å²) in [5.74, 6) is 0. The van der Waals surface area contributed by atoms with Crippen LogP contribution in [-0.4, -0.2) is 35.5 Å². The molecular weight excluding hydrogens is 264 g/mol. The summed E-state index contributed by atoms with van der Waals surface area (Å²) in [5.41, 5.74) is 9.51. The lowest BCUT2D eigenvalue weighted by Gasteiger charge is -2.44. The van der Waals surface area contributed by atoms with E-state index in [2.05, 4.69) is 34.6 Å². The molecule has 4 N–H and O–H groups in total. The van der Waals surface area contributed by atoms with Gasteiger partial charge in [0, 0.05) is 48.2 Å². The summed E-state index contributed by atoms with van der Waals surface area (Å²) in [6.45, 7) is 3.37. The zero-order valence-corrected chi connectivity index (χ0v) is 12.0. The van der Waals surface area contributed by atoms with Gasteiger partial charge in [-0.1, -0.05) is 18.2 Å². The topological polar surface area (TPSA) is 74.2 Å². The molecule has 0 bridgehead atoms. The minimum Gasteiger partial charge on any atom is -0.357 e. The number of carbonyl (C=O) groups excluding carboxylic acids is 1. The number of hydrogen-bond acceptors (Lipinski definition) is 2. The molecule has 2 aliphatic rings. The molecule has 0 aliphatic carbocycles. The van der Waals surface area contributed by atoms with Crippen molar-refractivity contribution in [3.8, 4) is 0 Å². The molecule has 2 aliphatic heterocycles. The van der Waals surface area contributed by atoms with Crippen molar-refractivity contribution in [3.05, 3.63) is 35.5 Å². The third kappa shape index (κ3) is 1.84. The molecule has 5 nitrogen and oxygen atoms in total. The number of urea groups is 1. The number of carbonyl (C=O) groups is 1. The molecule has 1 aromatic carbocycles. The highest BCUT2D eigenvalue weighted by Gasteiger charge is 2.42. The zero-order chi connectivity index (χ0) is 14.4. The fraction of sp³-hybridized carbons (Fsp3) is 0.438. The van der Waals surface area contributed by atoms with E-state index >= 15 is 0 Å². The van der Waals surface area contributed by atoms with E-state index in [9.17, 15) is 4.79 Å². The number of aromatic nitrogens is 1. The lowest BCUT2D eigenvalue weighted by atomic mass is 9.70. The molecular formula is C16H20N4O. The van der Waals surface area contributed by atoms with Crippen molar-refractivity contribution in [1.29, 1.82) is 0 Å². The van der Waals surface area contributed by atoms with Crippen molar-refractivity contribution < 1.29 is 4.79 Å². The van der Waals surface area contributed by atoms with E-state index in [0.29, 0.717) is 0 Å². The maximum Gasteiger partial charge on any atom is 0.314 e. The number of fused-ring (bicyclic) bond motifs is 4. The maximum absolute atomic E-state index is 11.4. The summed E-state index contributed by atoms with van der Waals surface area (Å²) in [6.07, 6.45) is 1.94. The number of nitrogens with one attached hydrogen (secondary N) is 2. The third-order valence-corrected chi connectivity index (χ3v) is 5.11. The first kappa shape index (κ1) is 12.7. The normalized spacial score (nSPS) is 20.7. The Balaban J connectivity index is 1.78. The summed E-state index contributed by atoms with van der Waals surface area (Å²) < 4.78 is 0. The first-order valence-electron chi connectivity index (χ1n) is 7.55. The Morgan fingerprint density at radius 1 is 1.24 bits per heavy atom. The molecule has 0 saturated carbocycles. The number of H-pyrrole nitrogens is 1. The van der Waals surface area contributed by atoms with Crippen LogP contribution in [0.15, 0.2) is 24.3 Å². The van der Waals surface area contributed by atoms with Crippen LogP contribution < -0.4 is 11.1 Å². The Hall–Kier alpha value is -2.01. The Morgan fingerprint density at radius 2 is 2.00 bits per heavy atom. The van der Waals surface area contributed by atoms with E-state index in [0.717, 1.165) is 39.0 Å². The molecule has 2 aromatic rings. The molecule has 0 radical (unpaired) electrons. The van der Waals surface area contributed by atoms with Crippen LogP contribution in [0.25, 0.3) is 10.9 Å². The average Bonchev–Trinajstić information content (AvgIpc) is 2.88. The van der Waals surface area contributed by atoms with Gasteiger partial charge in [0.05, 0.1) is 0 Å². The first-order valence-corrected chi connectivity index (χ1v) is 7.55. The Kier molecular flexibility index (Phi) is 2.72.